The van der Waals surface area contributed by atoms with Crippen LogP contribution in [-0.4, -0.2) is 37.1 Å². The van der Waals surface area contributed by atoms with Crippen LogP contribution in [0.2, 0.25) is 0 Å². The average Bonchev–Trinajstić information content (AvgIpc) is 2.45. The van der Waals surface area contributed by atoms with Crippen molar-refractivity contribution in [2.45, 2.75) is 26.7 Å². The third-order valence-corrected chi connectivity index (χ3v) is 2.86. The lowest BCUT2D eigenvalue weighted by Crippen LogP contribution is -2.32. The van der Waals surface area contributed by atoms with Crippen LogP contribution in [0.4, 0.5) is 10.5 Å². The maximum absolute atomic E-state index is 12.0. The molecule has 20 heavy (non-hydrogen) atoms. The Kier molecular flexibility index (Phi) is 6.56. The lowest BCUT2D eigenvalue weighted by Gasteiger charge is -2.18. The second kappa shape index (κ2) is 8.19. The molecule has 1 aromatic rings. The van der Waals surface area contributed by atoms with Gasteiger partial charge >= 0.3 is 12.0 Å². The number of hydrogen-bond acceptors (Lipinski definition) is 3. The molecule has 0 aliphatic carbocycles. The fourth-order valence-corrected chi connectivity index (χ4v) is 1.69. The molecule has 0 aliphatic heterocycles. The van der Waals surface area contributed by atoms with Gasteiger partial charge in [0.25, 0.3) is 0 Å². The Morgan fingerprint density at radius 2 is 1.95 bits per heavy atom. The number of esters is 1. The van der Waals surface area contributed by atoms with Gasteiger partial charge in [0.15, 0.2) is 0 Å². The molecular weight excluding hydrogens is 256 g/mol. The molecule has 0 spiro atoms. The minimum Gasteiger partial charge on any atom is -0.462 e. The van der Waals surface area contributed by atoms with Crippen molar-refractivity contribution in [1.82, 2.24) is 4.90 Å². The lowest BCUT2D eigenvalue weighted by atomic mass is 10.2. The van der Waals surface area contributed by atoms with E-state index in [9.17, 15) is 9.59 Å². The van der Waals surface area contributed by atoms with E-state index in [0.717, 1.165) is 12.8 Å². The Balaban J connectivity index is 2.76. The number of carbonyl (C=O) groups excluding carboxylic acids is 2. The highest BCUT2D eigenvalue weighted by Crippen LogP contribution is 2.16. The highest BCUT2D eigenvalue weighted by molar-refractivity contribution is 6.00. The molecule has 2 amide bonds. The normalized spacial score (nSPS) is 9.95. The summed E-state index contributed by atoms with van der Waals surface area (Å²) >= 11 is 0. The third kappa shape index (κ3) is 4.57. The molecule has 5 nitrogen and oxygen atoms in total. The maximum Gasteiger partial charge on any atom is 0.340 e. The van der Waals surface area contributed by atoms with Gasteiger partial charge in [0, 0.05) is 13.6 Å². The van der Waals surface area contributed by atoms with E-state index in [1.807, 2.05) is 0 Å². The number of ether oxygens (including phenoxy) is 1. The molecule has 0 aromatic heterocycles. The monoisotopic (exact) mass is 278 g/mol. The van der Waals surface area contributed by atoms with E-state index in [0.29, 0.717) is 24.4 Å². The van der Waals surface area contributed by atoms with Crippen molar-refractivity contribution >= 4 is 17.7 Å². The molecule has 0 bridgehead atoms. The van der Waals surface area contributed by atoms with Crippen molar-refractivity contribution in [3.05, 3.63) is 29.8 Å². The lowest BCUT2D eigenvalue weighted by molar-refractivity contribution is 0.0527. The van der Waals surface area contributed by atoms with Gasteiger partial charge in [0.2, 0.25) is 0 Å². The number of unbranched alkanes of at least 4 members (excludes halogenated alkanes) is 1. The molecule has 0 radical (unpaired) electrons. The first-order valence-electron chi connectivity index (χ1n) is 6.88. The first kappa shape index (κ1) is 16.0. The maximum atomic E-state index is 12.0. The molecule has 1 aromatic carbocycles. The molecular formula is C15H22N2O3. The molecule has 110 valence electrons. The van der Waals surface area contributed by atoms with Gasteiger partial charge in [-0.25, -0.2) is 9.59 Å². The largest absolute Gasteiger partial charge is 0.462 e. The Bertz CT molecular complexity index is 460. The summed E-state index contributed by atoms with van der Waals surface area (Å²) in [6.07, 6.45) is 1.97. The summed E-state index contributed by atoms with van der Waals surface area (Å²) in [5.74, 6) is -0.431. The summed E-state index contributed by atoms with van der Waals surface area (Å²) < 4.78 is 4.97. The molecule has 5 heteroatoms. The summed E-state index contributed by atoms with van der Waals surface area (Å²) in [4.78, 5) is 25.4. The zero-order chi connectivity index (χ0) is 15.0. The predicted octanol–water partition coefficient (Wildman–Crippen LogP) is 3.13. The number of amides is 2. The van der Waals surface area contributed by atoms with Gasteiger partial charge in [-0.15, -0.1) is 0 Å². The number of hydrogen-bond donors (Lipinski definition) is 1. The number of nitrogens with zero attached hydrogens (tertiary/aromatic N) is 1. The van der Waals surface area contributed by atoms with E-state index in [1.165, 1.54) is 0 Å². The van der Waals surface area contributed by atoms with Crippen molar-refractivity contribution in [2.75, 3.05) is 25.5 Å². The van der Waals surface area contributed by atoms with Gasteiger partial charge < -0.3 is 15.0 Å². The predicted molar refractivity (Wildman–Crippen MR) is 79.0 cm³/mol. The highest BCUT2D eigenvalue weighted by Gasteiger charge is 2.15. The number of nitrogens with one attached hydrogen (secondary N) is 1. The van der Waals surface area contributed by atoms with Crippen molar-refractivity contribution in [2.24, 2.45) is 0 Å². The number of para-hydroxylation sites is 1. The third-order valence-electron chi connectivity index (χ3n) is 2.86. The fraction of sp³-hybridized carbons (Fsp3) is 0.467. The summed E-state index contributed by atoms with van der Waals surface area (Å²) in [6, 6.07) is 6.61. The number of rotatable bonds is 6. The first-order valence-corrected chi connectivity index (χ1v) is 6.88. The van der Waals surface area contributed by atoms with Gasteiger partial charge in [-0.2, -0.15) is 0 Å². The standard InChI is InChI=1S/C15H22N2O3/c1-4-6-11-17(3)15(19)16-13-10-8-7-9-12(13)14(18)20-5-2/h7-10H,4-6,11H2,1-3H3,(H,16,19). The van der Waals surface area contributed by atoms with Gasteiger partial charge in [-0.1, -0.05) is 25.5 Å². The van der Waals surface area contributed by atoms with Crippen LogP contribution in [0.25, 0.3) is 0 Å². The molecule has 0 aliphatic rings. The van der Waals surface area contributed by atoms with Gasteiger partial charge in [0.1, 0.15) is 0 Å². The number of benzene rings is 1. The van der Waals surface area contributed by atoms with Crippen LogP contribution < -0.4 is 5.32 Å². The van der Waals surface area contributed by atoms with Crippen LogP contribution >= 0.6 is 0 Å². The molecule has 0 saturated carbocycles. The number of carbonyl (C=O) groups is 2. The highest BCUT2D eigenvalue weighted by atomic mass is 16.5. The second-order valence-electron chi connectivity index (χ2n) is 4.47. The van der Waals surface area contributed by atoms with E-state index in [2.05, 4.69) is 12.2 Å². The van der Waals surface area contributed by atoms with E-state index in [4.69, 9.17) is 4.74 Å². The quantitative estimate of drug-likeness (QED) is 0.813. The number of anilines is 1. The summed E-state index contributed by atoms with van der Waals surface area (Å²) in [7, 11) is 1.73. The van der Waals surface area contributed by atoms with Crippen molar-refractivity contribution in [3.8, 4) is 0 Å². The summed E-state index contributed by atoms with van der Waals surface area (Å²) in [5, 5.41) is 2.74. The van der Waals surface area contributed by atoms with Gasteiger partial charge in [0.05, 0.1) is 17.9 Å². The van der Waals surface area contributed by atoms with Gasteiger partial charge in [-0.3, -0.25) is 0 Å². The molecule has 0 atom stereocenters. The van der Waals surface area contributed by atoms with Gasteiger partial charge in [-0.05, 0) is 25.5 Å². The van der Waals surface area contributed by atoms with Crippen LogP contribution in [-0.2, 0) is 4.74 Å². The van der Waals surface area contributed by atoms with Crippen LogP contribution in [0.15, 0.2) is 24.3 Å². The molecule has 1 N–H and O–H groups in total. The molecule has 0 heterocycles. The number of urea groups is 1. The van der Waals surface area contributed by atoms with E-state index < -0.39 is 5.97 Å². The molecule has 0 unspecified atom stereocenters. The Morgan fingerprint density at radius 3 is 2.60 bits per heavy atom. The van der Waals surface area contributed by atoms with Crippen molar-refractivity contribution in [3.63, 3.8) is 0 Å². The average molecular weight is 278 g/mol. The Labute approximate surface area is 119 Å². The fourth-order valence-electron chi connectivity index (χ4n) is 1.69. The van der Waals surface area contributed by atoms with Crippen molar-refractivity contribution in [1.29, 1.82) is 0 Å². The molecule has 1 rings (SSSR count). The topological polar surface area (TPSA) is 58.6 Å². The summed E-state index contributed by atoms with van der Waals surface area (Å²) in [6.45, 7) is 4.81. The Morgan fingerprint density at radius 1 is 1.25 bits per heavy atom. The zero-order valence-electron chi connectivity index (χ0n) is 12.3. The smallest absolute Gasteiger partial charge is 0.340 e. The van der Waals surface area contributed by atoms with E-state index in [-0.39, 0.29) is 6.03 Å². The molecule has 0 saturated heterocycles. The van der Waals surface area contributed by atoms with Crippen LogP contribution in [0.1, 0.15) is 37.0 Å². The molecule has 0 fully saturated rings. The van der Waals surface area contributed by atoms with Crippen LogP contribution in [0.3, 0.4) is 0 Å². The van der Waals surface area contributed by atoms with E-state index in [1.54, 1.807) is 43.1 Å². The van der Waals surface area contributed by atoms with Crippen molar-refractivity contribution < 1.29 is 14.3 Å². The van der Waals surface area contributed by atoms with Crippen LogP contribution in [0, 0.1) is 0 Å². The van der Waals surface area contributed by atoms with Crippen LogP contribution in [0.5, 0.6) is 0 Å². The Hall–Kier alpha value is -2.04. The van der Waals surface area contributed by atoms with E-state index >= 15 is 0 Å². The second-order valence-corrected chi connectivity index (χ2v) is 4.47. The SMILES string of the molecule is CCCCN(C)C(=O)Nc1ccccc1C(=O)OCC. The minimum atomic E-state index is -0.431. The first-order chi connectivity index (χ1) is 9.60. The minimum absolute atomic E-state index is 0.227. The zero-order valence-corrected chi connectivity index (χ0v) is 12.3. The summed E-state index contributed by atoms with van der Waals surface area (Å²) in [5.41, 5.74) is 0.839.